The van der Waals surface area contributed by atoms with E-state index < -0.39 is 5.67 Å². The van der Waals surface area contributed by atoms with E-state index in [2.05, 4.69) is 21.1 Å². The van der Waals surface area contributed by atoms with Crippen LogP contribution in [0.2, 0.25) is 0 Å². The Morgan fingerprint density at radius 2 is 1.70 bits per heavy atom. The van der Waals surface area contributed by atoms with Crippen LogP contribution in [0.5, 0.6) is 0 Å². The summed E-state index contributed by atoms with van der Waals surface area (Å²) >= 11 is 0. The Kier molecular flexibility index (Phi) is 6.66. The number of terminal acetylenes is 1. The maximum atomic E-state index is 15.6. The highest BCUT2D eigenvalue weighted by Gasteiger charge is 2.37. The van der Waals surface area contributed by atoms with Crippen LogP contribution >= 0.6 is 0 Å². The highest BCUT2D eigenvalue weighted by Crippen LogP contribution is 2.37. The fourth-order valence-electron chi connectivity index (χ4n) is 4.74. The Balaban J connectivity index is 1.24. The molecule has 37 heavy (non-hydrogen) atoms. The van der Waals surface area contributed by atoms with Crippen molar-refractivity contribution in [3.05, 3.63) is 88.6 Å². The van der Waals surface area contributed by atoms with Crippen molar-refractivity contribution in [3.63, 3.8) is 0 Å². The Hall–Kier alpha value is -4.18. The van der Waals surface area contributed by atoms with Gasteiger partial charge in [-0.15, -0.1) is 6.42 Å². The molecule has 0 bridgehead atoms. The van der Waals surface area contributed by atoms with E-state index >= 15 is 4.39 Å². The number of carbonyl (C=O) groups is 2. The van der Waals surface area contributed by atoms with Crippen molar-refractivity contribution in [1.82, 2.24) is 9.88 Å². The van der Waals surface area contributed by atoms with Crippen molar-refractivity contribution < 1.29 is 14.0 Å². The molecule has 3 aromatic rings. The van der Waals surface area contributed by atoms with Crippen LogP contribution < -0.4 is 10.2 Å². The first-order chi connectivity index (χ1) is 17.9. The third-order valence-corrected chi connectivity index (χ3v) is 7.33. The molecule has 1 aromatic heterocycles. The zero-order valence-corrected chi connectivity index (χ0v) is 20.8. The summed E-state index contributed by atoms with van der Waals surface area (Å²) in [6, 6.07) is 15.8. The number of piperidine rings is 1. The lowest BCUT2D eigenvalue weighted by molar-refractivity contribution is 0.0421. The van der Waals surface area contributed by atoms with E-state index in [1.165, 1.54) is 0 Å². The average Bonchev–Trinajstić information content (AvgIpc) is 2.89. The van der Waals surface area contributed by atoms with E-state index in [1.54, 1.807) is 53.6 Å². The number of hydrogen-bond acceptors (Lipinski definition) is 4. The molecule has 0 unspecified atom stereocenters. The fraction of sp³-hybridized carbons (Fsp3) is 0.300. The van der Waals surface area contributed by atoms with Crippen LogP contribution in [-0.4, -0.2) is 47.9 Å². The smallest absolute Gasteiger partial charge is 0.257 e. The van der Waals surface area contributed by atoms with E-state index in [4.69, 9.17) is 6.42 Å². The minimum atomic E-state index is -1.49. The SMILES string of the molecule is C#Cc1ccc(C2(F)CCN(C(=O)c3ccc(C)c(NC(=O)c4ccc(N5CCC5)nc4)c3)CC2)cc1. The van der Waals surface area contributed by atoms with Gasteiger partial charge in [-0.3, -0.25) is 9.59 Å². The lowest BCUT2D eigenvalue weighted by Gasteiger charge is -2.37. The van der Waals surface area contributed by atoms with Crippen LogP contribution in [-0.2, 0) is 5.67 Å². The number of aromatic nitrogens is 1. The second-order valence-corrected chi connectivity index (χ2v) is 9.71. The predicted molar refractivity (Wildman–Crippen MR) is 142 cm³/mol. The molecule has 7 heteroatoms. The molecular weight excluding hydrogens is 467 g/mol. The number of amides is 2. The van der Waals surface area contributed by atoms with Gasteiger partial charge >= 0.3 is 0 Å². The number of nitrogens with zero attached hydrogens (tertiary/aromatic N) is 3. The molecule has 2 aliphatic rings. The zero-order valence-electron chi connectivity index (χ0n) is 20.8. The van der Waals surface area contributed by atoms with E-state index in [1.807, 2.05) is 19.1 Å². The summed E-state index contributed by atoms with van der Waals surface area (Å²) < 4.78 is 15.6. The van der Waals surface area contributed by atoms with Crippen molar-refractivity contribution in [2.45, 2.75) is 31.9 Å². The molecule has 0 atom stereocenters. The van der Waals surface area contributed by atoms with Gasteiger partial charge in [-0.2, -0.15) is 0 Å². The number of pyridine rings is 1. The number of anilines is 2. The number of benzene rings is 2. The Morgan fingerprint density at radius 1 is 1.00 bits per heavy atom. The van der Waals surface area contributed by atoms with Gasteiger partial charge in [0.15, 0.2) is 0 Å². The summed E-state index contributed by atoms with van der Waals surface area (Å²) in [5.41, 5.74) is 2.12. The molecule has 0 saturated carbocycles. The van der Waals surface area contributed by atoms with Crippen molar-refractivity contribution in [3.8, 4) is 12.3 Å². The summed E-state index contributed by atoms with van der Waals surface area (Å²) in [6.07, 6.45) is 8.56. The third kappa shape index (κ3) is 5.05. The van der Waals surface area contributed by atoms with Crippen LogP contribution in [0.4, 0.5) is 15.9 Å². The van der Waals surface area contributed by atoms with E-state index in [0.717, 1.165) is 30.9 Å². The van der Waals surface area contributed by atoms with Crippen molar-refractivity contribution in [2.75, 3.05) is 36.4 Å². The Labute approximate surface area is 216 Å². The highest BCUT2D eigenvalue weighted by atomic mass is 19.1. The molecule has 188 valence electrons. The molecule has 0 spiro atoms. The Bertz CT molecular complexity index is 1350. The van der Waals surface area contributed by atoms with Gasteiger partial charge in [0.1, 0.15) is 11.5 Å². The topological polar surface area (TPSA) is 65.5 Å². The number of likely N-dealkylation sites (tertiary alicyclic amines) is 1. The molecule has 2 amide bonds. The molecule has 6 nitrogen and oxygen atoms in total. The van der Waals surface area contributed by atoms with Crippen molar-refractivity contribution >= 4 is 23.3 Å². The van der Waals surface area contributed by atoms with Gasteiger partial charge in [-0.1, -0.05) is 24.1 Å². The minimum Gasteiger partial charge on any atom is -0.356 e. The maximum Gasteiger partial charge on any atom is 0.257 e. The number of carbonyl (C=O) groups excluding carboxylic acids is 2. The normalized spacial score (nSPS) is 16.5. The van der Waals surface area contributed by atoms with Crippen LogP contribution in [0.1, 0.15) is 56.7 Å². The van der Waals surface area contributed by atoms with Crippen molar-refractivity contribution in [2.24, 2.45) is 0 Å². The quantitative estimate of drug-likeness (QED) is 0.509. The second kappa shape index (κ2) is 10.1. The highest BCUT2D eigenvalue weighted by molar-refractivity contribution is 6.05. The maximum absolute atomic E-state index is 15.6. The molecule has 2 saturated heterocycles. The van der Waals surface area contributed by atoms with Gasteiger partial charge in [0.2, 0.25) is 0 Å². The number of alkyl halides is 1. The van der Waals surface area contributed by atoms with Crippen molar-refractivity contribution in [1.29, 1.82) is 0 Å². The molecule has 5 rings (SSSR count). The molecule has 0 aliphatic carbocycles. The number of rotatable bonds is 5. The van der Waals surface area contributed by atoms with Crippen LogP contribution in [0.15, 0.2) is 60.8 Å². The standard InChI is InChI=1S/C30H29FN4O2/c1-3-22-6-10-25(11-7-22)30(31)13-17-35(18-14-30)29(37)23-8-5-21(2)26(19-23)33-28(36)24-9-12-27(32-20-24)34-15-4-16-34/h1,5-12,19-20H,4,13-18H2,2H3,(H,33,36). The summed E-state index contributed by atoms with van der Waals surface area (Å²) in [6.45, 7) is 4.45. The van der Waals surface area contributed by atoms with Gasteiger partial charge in [0.25, 0.3) is 11.8 Å². The van der Waals surface area contributed by atoms with Gasteiger partial charge < -0.3 is 15.1 Å². The van der Waals surface area contributed by atoms with E-state index in [-0.39, 0.29) is 24.7 Å². The molecule has 2 aliphatic heterocycles. The number of halogens is 1. The minimum absolute atomic E-state index is 0.180. The molecule has 1 N–H and O–H groups in total. The number of nitrogens with one attached hydrogen (secondary N) is 1. The first-order valence-corrected chi connectivity index (χ1v) is 12.5. The molecule has 2 fully saturated rings. The zero-order chi connectivity index (χ0) is 26.0. The number of aryl methyl sites for hydroxylation is 1. The summed E-state index contributed by atoms with van der Waals surface area (Å²) in [5.74, 6) is 2.95. The first-order valence-electron chi connectivity index (χ1n) is 12.5. The van der Waals surface area contributed by atoms with Crippen LogP contribution in [0, 0.1) is 19.3 Å². The Morgan fingerprint density at radius 3 is 2.30 bits per heavy atom. The molecule has 0 radical (unpaired) electrons. The van der Waals surface area contributed by atoms with E-state index in [0.29, 0.717) is 41.0 Å². The summed E-state index contributed by atoms with van der Waals surface area (Å²) in [7, 11) is 0. The monoisotopic (exact) mass is 496 g/mol. The largest absolute Gasteiger partial charge is 0.356 e. The number of hydrogen-bond donors (Lipinski definition) is 1. The molecular formula is C30H29FN4O2. The summed E-state index contributed by atoms with van der Waals surface area (Å²) in [5, 5.41) is 2.91. The van der Waals surface area contributed by atoms with Gasteiger partial charge in [0.05, 0.1) is 5.56 Å². The van der Waals surface area contributed by atoms with Crippen LogP contribution in [0.25, 0.3) is 0 Å². The second-order valence-electron chi connectivity index (χ2n) is 9.71. The van der Waals surface area contributed by atoms with Crippen LogP contribution in [0.3, 0.4) is 0 Å². The molecule has 3 heterocycles. The predicted octanol–water partition coefficient (Wildman–Crippen LogP) is 4.93. The molecule has 2 aromatic carbocycles. The van der Waals surface area contributed by atoms with Gasteiger partial charge in [-0.05, 0) is 60.9 Å². The van der Waals surface area contributed by atoms with Gasteiger partial charge in [0, 0.05) is 62.0 Å². The van der Waals surface area contributed by atoms with E-state index in [9.17, 15) is 9.59 Å². The summed E-state index contributed by atoms with van der Waals surface area (Å²) in [4.78, 5) is 34.3. The third-order valence-electron chi connectivity index (χ3n) is 7.33. The fourth-order valence-corrected chi connectivity index (χ4v) is 4.74. The average molecular weight is 497 g/mol. The lowest BCUT2D eigenvalue weighted by Crippen LogP contribution is -2.43. The first kappa shape index (κ1) is 24.5. The van der Waals surface area contributed by atoms with Gasteiger partial charge in [-0.25, -0.2) is 9.37 Å². The lowest BCUT2D eigenvalue weighted by atomic mass is 9.85.